The Bertz CT molecular complexity index is 865. The molecule has 7 nitrogen and oxygen atoms in total. The van der Waals surface area contributed by atoms with Gasteiger partial charge in [-0.1, -0.05) is 32.0 Å². The Kier molecular flexibility index (Phi) is 12.2. The van der Waals surface area contributed by atoms with Gasteiger partial charge in [-0.2, -0.15) is 0 Å². The third-order valence-corrected chi connectivity index (χ3v) is 4.94. The minimum atomic E-state index is -0.518. The topological polar surface area (TPSA) is 87.6 Å². The van der Waals surface area contributed by atoms with Crippen molar-refractivity contribution in [3.05, 3.63) is 59.9 Å². The molecule has 0 bridgehead atoms. The Morgan fingerprint density at radius 2 is 1.82 bits per heavy atom. The summed E-state index contributed by atoms with van der Waals surface area (Å²) in [6.45, 7) is 11.5. The van der Waals surface area contributed by atoms with Gasteiger partial charge in [0.25, 0.3) is 0 Å². The average Bonchev–Trinajstić information content (AvgIpc) is 2.73. The van der Waals surface area contributed by atoms with Crippen molar-refractivity contribution >= 4 is 41.7 Å². The average molecular weight is 568 g/mol. The molecule has 8 heteroatoms. The Hall–Kier alpha value is -2.36. The van der Waals surface area contributed by atoms with Gasteiger partial charge in [0.05, 0.1) is 0 Å². The normalized spacial score (nSPS) is 12.5. The second-order valence-corrected chi connectivity index (χ2v) is 9.09. The van der Waals surface area contributed by atoms with Crippen molar-refractivity contribution < 1.29 is 9.53 Å². The van der Waals surface area contributed by atoms with Gasteiger partial charge >= 0.3 is 6.09 Å². The monoisotopic (exact) mass is 567 g/mol. The van der Waals surface area contributed by atoms with Crippen LogP contribution < -0.4 is 16.0 Å². The molecule has 1 amide bonds. The predicted octanol–water partition coefficient (Wildman–Crippen LogP) is 5.19. The van der Waals surface area contributed by atoms with Crippen LogP contribution in [0.3, 0.4) is 0 Å². The maximum atomic E-state index is 11.9. The zero-order chi connectivity index (χ0) is 23.6. The summed E-state index contributed by atoms with van der Waals surface area (Å²) >= 11 is 0. The predicted molar refractivity (Wildman–Crippen MR) is 147 cm³/mol. The van der Waals surface area contributed by atoms with Crippen LogP contribution in [-0.4, -0.2) is 42.8 Å². The van der Waals surface area contributed by atoms with Gasteiger partial charge in [0.2, 0.25) is 0 Å². The van der Waals surface area contributed by atoms with Crippen LogP contribution in [0.5, 0.6) is 0 Å². The largest absolute Gasteiger partial charge is 0.444 e. The molecule has 1 aromatic carbocycles. The molecule has 33 heavy (non-hydrogen) atoms. The molecule has 0 fully saturated rings. The van der Waals surface area contributed by atoms with Gasteiger partial charge in [0, 0.05) is 44.1 Å². The standard InChI is InChI=1S/C25H37N5O2.HI/c1-18(2)22(20-8-7-14-27-16-20)17-29-23(26-6)28-15-13-19-9-11-21(12-10-19)30-24(31)32-25(3,4)5;/h7-12,14,16,18,22H,13,15,17H2,1-6H3,(H,30,31)(H2,26,28,29);1H. The van der Waals surface area contributed by atoms with E-state index < -0.39 is 11.7 Å². The Labute approximate surface area is 215 Å². The molecule has 1 heterocycles. The molecule has 0 radical (unpaired) electrons. The Balaban J connectivity index is 0.00000544. The molecule has 0 saturated heterocycles. The van der Waals surface area contributed by atoms with Crippen LogP contribution in [0.4, 0.5) is 10.5 Å². The number of aliphatic imine (C=N–C) groups is 1. The number of nitrogens with zero attached hydrogens (tertiary/aromatic N) is 2. The zero-order valence-corrected chi connectivity index (χ0v) is 22.8. The lowest BCUT2D eigenvalue weighted by atomic mass is 9.89. The van der Waals surface area contributed by atoms with Crippen molar-refractivity contribution in [2.75, 3.05) is 25.5 Å². The van der Waals surface area contributed by atoms with E-state index >= 15 is 0 Å². The van der Waals surface area contributed by atoms with E-state index in [4.69, 9.17) is 4.74 Å². The summed E-state index contributed by atoms with van der Waals surface area (Å²) in [6.07, 6.45) is 4.12. The number of hydrogen-bond donors (Lipinski definition) is 3. The summed E-state index contributed by atoms with van der Waals surface area (Å²) in [4.78, 5) is 20.5. The van der Waals surface area contributed by atoms with E-state index in [2.05, 4.69) is 45.8 Å². The van der Waals surface area contributed by atoms with Gasteiger partial charge in [-0.25, -0.2) is 4.79 Å². The van der Waals surface area contributed by atoms with E-state index in [-0.39, 0.29) is 24.0 Å². The first-order valence-electron chi connectivity index (χ1n) is 11.1. The quantitative estimate of drug-likeness (QED) is 0.232. The maximum Gasteiger partial charge on any atom is 0.412 e. The van der Waals surface area contributed by atoms with Crippen LogP contribution in [0.1, 0.15) is 51.7 Å². The second kappa shape index (κ2) is 14.0. The van der Waals surface area contributed by atoms with E-state index in [0.29, 0.717) is 17.5 Å². The molecule has 0 aliphatic rings. The van der Waals surface area contributed by atoms with E-state index in [0.717, 1.165) is 31.0 Å². The lowest BCUT2D eigenvalue weighted by Crippen LogP contribution is -2.40. The van der Waals surface area contributed by atoms with Crippen LogP contribution in [0.15, 0.2) is 53.8 Å². The van der Waals surface area contributed by atoms with Crippen molar-refractivity contribution in [3.8, 4) is 0 Å². The molecule has 182 valence electrons. The van der Waals surface area contributed by atoms with E-state index in [9.17, 15) is 4.79 Å². The molecule has 2 rings (SSSR count). The minimum absolute atomic E-state index is 0. The molecule has 2 aromatic rings. The molecular weight excluding hydrogens is 529 g/mol. The first kappa shape index (κ1) is 28.7. The van der Waals surface area contributed by atoms with Gasteiger partial charge in [0.15, 0.2) is 5.96 Å². The molecule has 0 saturated carbocycles. The van der Waals surface area contributed by atoms with E-state index in [1.807, 2.05) is 57.3 Å². The number of aromatic nitrogens is 1. The zero-order valence-electron chi connectivity index (χ0n) is 20.5. The Morgan fingerprint density at radius 1 is 1.12 bits per heavy atom. The van der Waals surface area contributed by atoms with E-state index in [1.165, 1.54) is 5.56 Å². The summed E-state index contributed by atoms with van der Waals surface area (Å²) in [6, 6.07) is 11.9. The molecule has 1 unspecified atom stereocenters. The minimum Gasteiger partial charge on any atom is -0.444 e. The summed E-state index contributed by atoms with van der Waals surface area (Å²) in [5, 5.41) is 9.55. The fourth-order valence-electron chi connectivity index (χ4n) is 3.26. The first-order chi connectivity index (χ1) is 15.2. The smallest absolute Gasteiger partial charge is 0.412 e. The number of hydrogen-bond acceptors (Lipinski definition) is 4. The SMILES string of the molecule is CN=C(NCCc1ccc(NC(=O)OC(C)(C)C)cc1)NCC(c1cccnc1)C(C)C.I. The van der Waals surface area contributed by atoms with Crippen molar-refractivity contribution in [1.82, 2.24) is 15.6 Å². The molecule has 1 aromatic heterocycles. The van der Waals surface area contributed by atoms with Crippen molar-refractivity contribution in [1.29, 1.82) is 0 Å². The number of pyridine rings is 1. The number of guanidine groups is 1. The summed E-state index contributed by atoms with van der Waals surface area (Å²) < 4.78 is 5.27. The highest BCUT2D eigenvalue weighted by atomic mass is 127. The van der Waals surface area contributed by atoms with Gasteiger partial charge in [-0.15, -0.1) is 24.0 Å². The summed E-state index contributed by atoms with van der Waals surface area (Å²) in [7, 11) is 1.78. The third kappa shape index (κ3) is 10.9. The Morgan fingerprint density at radius 3 is 2.36 bits per heavy atom. The van der Waals surface area contributed by atoms with Crippen LogP contribution in [-0.2, 0) is 11.2 Å². The molecule has 3 N–H and O–H groups in total. The molecule has 0 aliphatic carbocycles. The number of halogens is 1. The molecule has 0 spiro atoms. The highest BCUT2D eigenvalue weighted by molar-refractivity contribution is 14.0. The summed E-state index contributed by atoms with van der Waals surface area (Å²) in [5.41, 5.74) is 2.59. The highest BCUT2D eigenvalue weighted by Gasteiger charge is 2.17. The van der Waals surface area contributed by atoms with Gasteiger partial charge in [0.1, 0.15) is 5.60 Å². The third-order valence-electron chi connectivity index (χ3n) is 4.94. The van der Waals surface area contributed by atoms with Crippen LogP contribution >= 0.6 is 24.0 Å². The van der Waals surface area contributed by atoms with Crippen LogP contribution in [0.25, 0.3) is 0 Å². The molecule has 0 aliphatic heterocycles. The van der Waals surface area contributed by atoms with Gasteiger partial charge in [-0.05, 0) is 62.4 Å². The number of carbonyl (C=O) groups is 1. The number of carbonyl (C=O) groups excluding carboxylic acids is 1. The summed E-state index contributed by atoms with van der Waals surface area (Å²) in [5.74, 6) is 1.62. The van der Waals surface area contributed by atoms with E-state index in [1.54, 1.807) is 13.2 Å². The van der Waals surface area contributed by atoms with Crippen molar-refractivity contribution in [2.45, 2.75) is 52.6 Å². The van der Waals surface area contributed by atoms with Crippen molar-refractivity contribution in [3.63, 3.8) is 0 Å². The number of anilines is 1. The van der Waals surface area contributed by atoms with Crippen LogP contribution in [0, 0.1) is 5.92 Å². The fraction of sp³-hybridized carbons (Fsp3) is 0.480. The lowest BCUT2D eigenvalue weighted by molar-refractivity contribution is 0.0636. The maximum absolute atomic E-state index is 11.9. The number of rotatable bonds is 8. The lowest BCUT2D eigenvalue weighted by Gasteiger charge is -2.23. The fourth-order valence-corrected chi connectivity index (χ4v) is 3.26. The first-order valence-corrected chi connectivity index (χ1v) is 11.1. The van der Waals surface area contributed by atoms with Crippen LogP contribution in [0.2, 0.25) is 0 Å². The molecule has 1 atom stereocenters. The van der Waals surface area contributed by atoms with Gasteiger partial charge < -0.3 is 15.4 Å². The second-order valence-electron chi connectivity index (χ2n) is 9.09. The number of nitrogens with one attached hydrogen (secondary N) is 3. The number of benzene rings is 1. The number of amides is 1. The van der Waals surface area contributed by atoms with Gasteiger partial charge in [-0.3, -0.25) is 15.3 Å². The van der Waals surface area contributed by atoms with Crippen molar-refractivity contribution in [2.24, 2.45) is 10.9 Å². The number of ether oxygens (including phenoxy) is 1. The highest BCUT2D eigenvalue weighted by Crippen LogP contribution is 2.22. The molecular formula is C25H38IN5O2.